The molecule has 0 amide bonds. The van der Waals surface area contributed by atoms with E-state index in [0.717, 1.165) is 42.8 Å². The van der Waals surface area contributed by atoms with Gasteiger partial charge in [-0.1, -0.05) is 68.5 Å². The number of Topliss-reactive ketones (excluding diaryl/α,β-unsaturated/α-hetero) is 1. The summed E-state index contributed by atoms with van der Waals surface area (Å²) < 4.78 is 6.18. The molecule has 0 bridgehead atoms. The predicted octanol–water partition coefficient (Wildman–Crippen LogP) is 5.71. The van der Waals surface area contributed by atoms with E-state index in [2.05, 4.69) is 30.1 Å². The number of esters is 1. The summed E-state index contributed by atoms with van der Waals surface area (Å²) in [5.41, 5.74) is 1.74. The number of benzene rings is 2. The molecule has 1 N–H and O–H groups in total. The van der Waals surface area contributed by atoms with Gasteiger partial charge in [-0.15, -0.1) is 11.8 Å². The molecule has 2 unspecified atom stereocenters. The van der Waals surface area contributed by atoms with Gasteiger partial charge in [0.15, 0.2) is 11.8 Å². The van der Waals surface area contributed by atoms with Crippen LogP contribution in [0.4, 0.5) is 5.69 Å². The van der Waals surface area contributed by atoms with Gasteiger partial charge in [-0.2, -0.15) is 0 Å². The van der Waals surface area contributed by atoms with Gasteiger partial charge in [0, 0.05) is 23.9 Å². The van der Waals surface area contributed by atoms with E-state index in [1.54, 1.807) is 11.8 Å². The molecular weight excluding hydrogens is 456 g/mol. The smallest absolute Gasteiger partial charge is 0.333 e. The van der Waals surface area contributed by atoms with Crippen LogP contribution in [-0.4, -0.2) is 48.1 Å². The Morgan fingerprint density at radius 1 is 1.09 bits per heavy atom. The minimum absolute atomic E-state index is 0.0115. The number of thioether (sulfide) groups is 1. The number of piperidine rings is 1. The molecule has 2 aliphatic rings. The summed E-state index contributed by atoms with van der Waals surface area (Å²) in [6, 6.07) is 18.9. The first-order valence-corrected chi connectivity index (χ1v) is 13.7. The number of nitrogens with one attached hydrogen (secondary N) is 1. The minimum Gasteiger partial charge on any atom is -0.459 e. The van der Waals surface area contributed by atoms with Gasteiger partial charge in [-0.05, 0) is 54.3 Å². The van der Waals surface area contributed by atoms with Crippen LogP contribution in [0.5, 0.6) is 0 Å². The molecule has 35 heavy (non-hydrogen) atoms. The van der Waals surface area contributed by atoms with Crippen LogP contribution < -0.4 is 5.32 Å². The molecule has 1 saturated heterocycles. The number of carbonyl (C=O) groups excluding carboxylic acids is 2. The van der Waals surface area contributed by atoms with Crippen LogP contribution in [0.2, 0.25) is 0 Å². The van der Waals surface area contributed by atoms with E-state index in [9.17, 15) is 9.59 Å². The average molecular weight is 493 g/mol. The summed E-state index contributed by atoms with van der Waals surface area (Å²) in [4.78, 5) is 29.9. The molecule has 5 nitrogen and oxygen atoms in total. The van der Waals surface area contributed by atoms with Crippen LogP contribution in [0.15, 0.2) is 71.6 Å². The Labute approximate surface area is 213 Å². The van der Waals surface area contributed by atoms with E-state index in [-0.39, 0.29) is 23.8 Å². The number of ketones is 1. The van der Waals surface area contributed by atoms with E-state index in [0.29, 0.717) is 19.0 Å². The quantitative estimate of drug-likeness (QED) is 0.429. The van der Waals surface area contributed by atoms with Gasteiger partial charge in [0.1, 0.15) is 6.10 Å². The number of rotatable bonds is 10. The minimum atomic E-state index is -0.596. The monoisotopic (exact) mass is 492 g/mol. The van der Waals surface area contributed by atoms with Crippen molar-refractivity contribution >= 4 is 29.2 Å². The van der Waals surface area contributed by atoms with Crippen molar-refractivity contribution in [2.45, 2.75) is 45.3 Å². The highest BCUT2D eigenvalue weighted by Crippen LogP contribution is 2.32. The Morgan fingerprint density at radius 2 is 1.80 bits per heavy atom. The van der Waals surface area contributed by atoms with Crippen molar-refractivity contribution in [1.82, 2.24) is 4.90 Å². The Morgan fingerprint density at radius 3 is 2.46 bits per heavy atom. The average Bonchev–Trinajstić information content (AvgIpc) is 3.38. The maximum absolute atomic E-state index is 13.5. The Balaban J connectivity index is 1.43. The predicted molar refractivity (Wildman–Crippen MR) is 143 cm³/mol. The number of allylic oxidation sites excluding steroid dienone is 2. The topological polar surface area (TPSA) is 58.6 Å². The zero-order valence-electron chi connectivity index (χ0n) is 20.7. The molecule has 0 aliphatic carbocycles. The molecule has 1 fully saturated rings. The van der Waals surface area contributed by atoms with Crippen LogP contribution in [-0.2, 0) is 14.3 Å². The zero-order valence-corrected chi connectivity index (χ0v) is 21.5. The van der Waals surface area contributed by atoms with Gasteiger partial charge >= 0.3 is 5.97 Å². The molecule has 4 rings (SSSR count). The number of nitrogens with zero attached hydrogens (tertiary/aromatic N) is 1. The van der Waals surface area contributed by atoms with Crippen molar-refractivity contribution in [3.63, 3.8) is 0 Å². The second-order valence-electron chi connectivity index (χ2n) is 9.39. The van der Waals surface area contributed by atoms with Crippen molar-refractivity contribution < 1.29 is 14.3 Å². The van der Waals surface area contributed by atoms with Gasteiger partial charge in [0.2, 0.25) is 0 Å². The van der Waals surface area contributed by atoms with Crippen molar-refractivity contribution in [2.24, 2.45) is 11.8 Å². The Bertz CT molecular complexity index is 1010. The molecule has 186 valence electrons. The summed E-state index contributed by atoms with van der Waals surface area (Å²) >= 11 is 1.80. The summed E-state index contributed by atoms with van der Waals surface area (Å²) in [6.07, 6.45) is 4.79. The van der Waals surface area contributed by atoms with Gasteiger partial charge in [0.25, 0.3) is 0 Å². The van der Waals surface area contributed by atoms with Crippen molar-refractivity contribution in [3.8, 4) is 0 Å². The second kappa shape index (κ2) is 12.4. The zero-order chi connectivity index (χ0) is 24.6. The lowest BCUT2D eigenvalue weighted by Crippen LogP contribution is -2.48. The standard InChI is InChI=1S/C29H36N2O3S/c1-3-21-15-16-31(18-26(32)23-17-25(4-2)35-20-23)19-27(21)34-29(33)28(22-11-7-5-8-12-22)30-24-13-9-6-10-14-24/h5-14,17,21,23,27-28,30H,3-4,15-16,18-20H2,1-2H3/t21?,23?,27-,28+/m0/s1. The fourth-order valence-electron chi connectivity index (χ4n) is 4.88. The van der Waals surface area contributed by atoms with Gasteiger partial charge < -0.3 is 10.1 Å². The highest BCUT2D eigenvalue weighted by molar-refractivity contribution is 8.03. The molecule has 0 aromatic heterocycles. The summed E-state index contributed by atoms with van der Waals surface area (Å²) in [7, 11) is 0. The van der Waals surface area contributed by atoms with Crippen LogP contribution in [0.25, 0.3) is 0 Å². The molecule has 4 atom stereocenters. The summed E-state index contributed by atoms with van der Waals surface area (Å²) in [6.45, 7) is 6.18. The lowest BCUT2D eigenvalue weighted by Gasteiger charge is -2.38. The van der Waals surface area contributed by atoms with Crippen molar-refractivity contribution in [1.29, 1.82) is 0 Å². The Kier molecular flexibility index (Phi) is 9.05. The molecule has 0 spiro atoms. The molecular formula is C29H36N2O3S. The molecule has 0 radical (unpaired) electrons. The largest absolute Gasteiger partial charge is 0.459 e. The van der Waals surface area contributed by atoms with Gasteiger partial charge in [-0.3, -0.25) is 9.69 Å². The number of anilines is 1. The maximum Gasteiger partial charge on any atom is 0.333 e. The fourth-order valence-corrected chi connectivity index (χ4v) is 6.02. The maximum atomic E-state index is 13.5. The number of hydrogen-bond acceptors (Lipinski definition) is 6. The SMILES string of the molecule is CCC1=CC(C(=O)CN2CCC(CC)[C@@H](OC(=O)[C@H](Nc3ccccc3)c3ccccc3)C2)CS1. The third-order valence-electron chi connectivity index (χ3n) is 7.00. The number of ether oxygens (including phenoxy) is 1. The van der Waals surface area contributed by atoms with Gasteiger partial charge in [0.05, 0.1) is 6.54 Å². The normalized spacial score (nSPS) is 23.4. The molecule has 2 heterocycles. The Hall–Kier alpha value is -2.57. The van der Waals surface area contributed by atoms with E-state index in [4.69, 9.17) is 4.74 Å². The first-order chi connectivity index (χ1) is 17.1. The lowest BCUT2D eigenvalue weighted by molar-refractivity contribution is -0.156. The van der Waals surface area contributed by atoms with Gasteiger partial charge in [-0.25, -0.2) is 4.79 Å². The number of para-hydroxylation sites is 1. The van der Waals surface area contributed by atoms with Crippen molar-refractivity contribution in [3.05, 3.63) is 77.2 Å². The number of hydrogen-bond donors (Lipinski definition) is 1. The molecule has 0 saturated carbocycles. The van der Waals surface area contributed by atoms with Crippen LogP contribution >= 0.6 is 11.8 Å². The first-order valence-electron chi connectivity index (χ1n) is 12.7. The number of carbonyl (C=O) groups is 2. The highest BCUT2D eigenvalue weighted by atomic mass is 32.2. The molecule has 6 heteroatoms. The second-order valence-corrected chi connectivity index (χ2v) is 10.5. The van der Waals surface area contributed by atoms with E-state index < -0.39 is 6.04 Å². The summed E-state index contributed by atoms with van der Waals surface area (Å²) in [5, 5.41) is 3.36. The van der Waals surface area contributed by atoms with Crippen molar-refractivity contribution in [2.75, 3.05) is 30.7 Å². The van der Waals surface area contributed by atoms with E-state index in [1.165, 1.54) is 4.91 Å². The number of likely N-dealkylation sites (tertiary alicyclic amines) is 1. The fraction of sp³-hybridized carbons (Fsp3) is 0.448. The van der Waals surface area contributed by atoms with E-state index in [1.807, 2.05) is 60.7 Å². The summed E-state index contributed by atoms with van der Waals surface area (Å²) in [5.74, 6) is 1.16. The third-order valence-corrected chi connectivity index (χ3v) is 8.32. The van der Waals surface area contributed by atoms with Crippen LogP contribution in [0.3, 0.4) is 0 Å². The molecule has 2 aliphatic heterocycles. The van der Waals surface area contributed by atoms with E-state index >= 15 is 0 Å². The first kappa shape index (κ1) is 25.5. The molecule has 2 aromatic carbocycles. The lowest BCUT2D eigenvalue weighted by atomic mass is 9.90. The third kappa shape index (κ3) is 6.77. The van der Waals surface area contributed by atoms with Crippen LogP contribution in [0, 0.1) is 11.8 Å². The molecule has 2 aromatic rings. The van der Waals surface area contributed by atoms with Crippen LogP contribution in [0.1, 0.15) is 44.7 Å². The highest BCUT2D eigenvalue weighted by Gasteiger charge is 2.35.